The lowest BCUT2D eigenvalue weighted by Gasteiger charge is -2.21. The molecule has 0 radical (unpaired) electrons. The van der Waals surface area contributed by atoms with E-state index in [4.69, 9.17) is 22.0 Å². The van der Waals surface area contributed by atoms with Gasteiger partial charge < -0.3 is 5.11 Å². The standard InChI is InChI=1S/C15H18ClN3O2/c16-14-8-12(9-17)2-3-13(14)10-18-4-1-5-19(7-6-18)11-15(20)21/h2-3,8H,1,4-7,10-11H2,(H,20,21). The van der Waals surface area contributed by atoms with Crippen LogP contribution >= 0.6 is 11.6 Å². The molecule has 1 heterocycles. The molecule has 0 atom stereocenters. The number of hydrogen-bond acceptors (Lipinski definition) is 4. The summed E-state index contributed by atoms with van der Waals surface area (Å²) in [5, 5.41) is 18.3. The zero-order valence-corrected chi connectivity index (χ0v) is 12.5. The van der Waals surface area contributed by atoms with Gasteiger partial charge in [-0.15, -0.1) is 0 Å². The Morgan fingerprint density at radius 3 is 2.67 bits per heavy atom. The second-order valence-corrected chi connectivity index (χ2v) is 5.62. The van der Waals surface area contributed by atoms with E-state index in [0.29, 0.717) is 10.6 Å². The van der Waals surface area contributed by atoms with Gasteiger partial charge in [0.25, 0.3) is 0 Å². The Labute approximate surface area is 129 Å². The molecule has 1 aliphatic heterocycles. The third kappa shape index (κ3) is 4.71. The van der Waals surface area contributed by atoms with Crippen LogP contribution < -0.4 is 0 Å². The van der Waals surface area contributed by atoms with Crippen molar-refractivity contribution >= 4 is 17.6 Å². The molecule has 1 saturated heterocycles. The van der Waals surface area contributed by atoms with Crippen molar-refractivity contribution in [3.63, 3.8) is 0 Å². The van der Waals surface area contributed by atoms with Gasteiger partial charge in [0, 0.05) is 31.2 Å². The number of hydrogen-bond donors (Lipinski definition) is 1. The molecule has 0 spiro atoms. The SMILES string of the molecule is N#Cc1ccc(CN2CCCN(CC(=O)O)CC2)c(Cl)c1. The number of nitrogens with zero attached hydrogens (tertiary/aromatic N) is 3. The molecular weight excluding hydrogens is 290 g/mol. The van der Waals surface area contributed by atoms with Crippen molar-refractivity contribution in [2.24, 2.45) is 0 Å². The molecule has 1 aliphatic rings. The molecule has 1 fully saturated rings. The predicted octanol–water partition coefficient (Wildman–Crippen LogP) is 1.80. The Kier molecular flexibility index (Phi) is 5.57. The molecule has 21 heavy (non-hydrogen) atoms. The molecule has 0 unspecified atom stereocenters. The minimum absolute atomic E-state index is 0.103. The number of carboxylic acid groups (broad SMARTS) is 1. The summed E-state index contributed by atoms with van der Waals surface area (Å²) in [5.74, 6) is -0.779. The monoisotopic (exact) mass is 307 g/mol. The van der Waals surface area contributed by atoms with E-state index in [-0.39, 0.29) is 6.54 Å². The van der Waals surface area contributed by atoms with E-state index >= 15 is 0 Å². The van der Waals surface area contributed by atoms with Crippen LogP contribution in [0.3, 0.4) is 0 Å². The van der Waals surface area contributed by atoms with E-state index in [0.717, 1.165) is 44.7 Å². The third-order valence-corrected chi connectivity index (χ3v) is 3.97. The average Bonchev–Trinajstić information content (AvgIpc) is 2.66. The summed E-state index contributed by atoms with van der Waals surface area (Å²) in [5.41, 5.74) is 1.56. The molecule has 1 N–H and O–H groups in total. The van der Waals surface area contributed by atoms with Crippen LogP contribution in [0.2, 0.25) is 5.02 Å². The van der Waals surface area contributed by atoms with Gasteiger partial charge in [-0.25, -0.2) is 0 Å². The Morgan fingerprint density at radius 1 is 1.29 bits per heavy atom. The maximum absolute atomic E-state index is 10.8. The number of carboxylic acids is 1. The summed E-state index contributed by atoms with van der Waals surface area (Å²) in [7, 11) is 0. The fraction of sp³-hybridized carbons (Fsp3) is 0.467. The first-order chi connectivity index (χ1) is 10.1. The normalized spacial score (nSPS) is 17.1. The lowest BCUT2D eigenvalue weighted by molar-refractivity contribution is -0.138. The summed E-state index contributed by atoms with van der Waals surface area (Å²) in [6.45, 7) is 4.14. The summed E-state index contributed by atoms with van der Waals surface area (Å²) in [6, 6.07) is 7.42. The van der Waals surface area contributed by atoms with Crippen molar-refractivity contribution in [2.45, 2.75) is 13.0 Å². The van der Waals surface area contributed by atoms with Crippen LogP contribution in [0.15, 0.2) is 18.2 Å². The highest BCUT2D eigenvalue weighted by molar-refractivity contribution is 6.31. The Hall–Kier alpha value is -1.61. The molecule has 0 bridgehead atoms. The van der Waals surface area contributed by atoms with Crippen molar-refractivity contribution in [1.82, 2.24) is 9.80 Å². The molecule has 1 aromatic rings. The maximum Gasteiger partial charge on any atom is 0.317 e. The lowest BCUT2D eigenvalue weighted by atomic mass is 10.1. The van der Waals surface area contributed by atoms with Gasteiger partial charge in [0.1, 0.15) is 0 Å². The molecule has 6 heteroatoms. The third-order valence-electron chi connectivity index (χ3n) is 3.62. The van der Waals surface area contributed by atoms with Crippen LogP contribution in [0.1, 0.15) is 17.5 Å². The van der Waals surface area contributed by atoms with Crippen molar-refractivity contribution in [3.8, 4) is 6.07 Å². The first-order valence-electron chi connectivity index (χ1n) is 6.93. The minimum Gasteiger partial charge on any atom is -0.480 e. The highest BCUT2D eigenvalue weighted by Gasteiger charge is 2.17. The second-order valence-electron chi connectivity index (χ2n) is 5.22. The summed E-state index contributed by atoms with van der Waals surface area (Å²) in [4.78, 5) is 15.0. The fourth-order valence-corrected chi connectivity index (χ4v) is 2.76. The lowest BCUT2D eigenvalue weighted by Crippen LogP contribution is -2.34. The second kappa shape index (κ2) is 7.41. The zero-order chi connectivity index (χ0) is 15.2. The average molecular weight is 308 g/mol. The van der Waals surface area contributed by atoms with Crippen LogP contribution in [0.25, 0.3) is 0 Å². The van der Waals surface area contributed by atoms with Crippen LogP contribution in [-0.4, -0.2) is 53.6 Å². The van der Waals surface area contributed by atoms with Crippen molar-refractivity contribution < 1.29 is 9.90 Å². The Bertz CT molecular complexity index is 556. The van der Waals surface area contributed by atoms with Crippen LogP contribution in [0.4, 0.5) is 0 Å². The van der Waals surface area contributed by atoms with Crippen LogP contribution in [0, 0.1) is 11.3 Å². The molecule has 0 aromatic heterocycles. The fourth-order valence-electron chi connectivity index (χ4n) is 2.52. The quantitative estimate of drug-likeness (QED) is 0.919. The van der Waals surface area contributed by atoms with E-state index in [1.807, 2.05) is 11.0 Å². The number of rotatable bonds is 4. The van der Waals surface area contributed by atoms with Gasteiger partial charge in [-0.05, 0) is 30.7 Å². The topological polar surface area (TPSA) is 67.6 Å². The number of carbonyl (C=O) groups is 1. The van der Waals surface area contributed by atoms with Gasteiger partial charge in [-0.2, -0.15) is 5.26 Å². The molecule has 0 amide bonds. The maximum atomic E-state index is 10.8. The van der Waals surface area contributed by atoms with Crippen LogP contribution in [0.5, 0.6) is 0 Å². The molecule has 1 aromatic carbocycles. The molecule has 2 rings (SSSR count). The van der Waals surface area contributed by atoms with E-state index < -0.39 is 5.97 Å². The van der Waals surface area contributed by atoms with Gasteiger partial charge >= 0.3 is 5.97 Å². The minimum atomic E-state index is -0.779. The molecule has 112 valence electrons. The smallest absolute Gasteiger partial charge is 0.317 e. The summed E-state index contributed by atoms with van der Waals surface area (Å²) < 4.78 is 0. The van der Waals surface area contributed by atoms with Crippen molar-refractivity contribution in [2.75, 3.05) is 32.7 Å². The molecule has 0 saturated carbocycles. The molecule has 5 nitrogen and oxygen atoms in total. The molecule has 0 aliphatic carbocycles. The summed E-state index contributed by atoms with van der Waals surface area (Å²) >= 11 is 6.20. The van der Waals surface area contributed by atoms with Crippen molar-refractivity contribution in [3.05, 3.63) is 34.3 Å². The Morgan fingerprint density at radius 2 is 2.00 bits per heavy atom. The van der Waals surface area contributed by atoms with Gasteiger partial charge in [-0.1, -0.05) is 17.7 Å². The van der Waals surface area contributed by atoms with E-state index in [9.17, 15) is 4.79 Å². The van der Waals surface area contributed by atoms with Gasteiger partial charge in [0.2, 0.25) is 0 Å². The summed E-state index contributed by atoms with van der Waals surface area (Å²) in [6.07, 6.45) is 0.946. The number of nitriles is 1. The van der Waals surface area contributed by atoms with Gasteiger partial charge in [0.05, 0.1) is 18.2 Å². The Balaban J connectivity index is 1.94. The first-order valence-corrected chi connectivity index (χ1v) is 7.31. The predicted molar refractivity (Wildman–Crippen MR) is 80.1 cm³/mol. The zero-order valence-electron chi connectivity index (χ0n) is 11.8. The number of aliphatic carboxylic acids is 1. The van der Waals surface area contributed by atoms with E-state index in [2.05, 4.69) is 11.0 Å². The highest BCUT2D eigenvalue weighted by Crippen LogP contribution is 2.20. The van der Waals surface area contributed by atoms with Gasteiger partial charge in [-0.3, -0.25) is 14.6 Å². The van der Waals surface area contributed by atoms with E-state index in [1.165, 1.54) is 0 Å². The first kappa shape index (κ1) is 15.8. The van der Waals surface area contributed by atoms with Gasteiger partial charge in [0.15, 0.2) is 0 Å². The highest BCUT2D eigenvalue weighted by atomic mass is 35.5. The van der Waals surface area contributed by atoms with E-state index in [1.54, 1.807) is 12.1 Å². The van der Waals surface area contributed by atoms with Crippen LogP contribution in [-0.2, 0) is 11.3 Å². The van der Waals surface area contributed by atoms with Crippen molar-refractivity contribution in [1.29, 1.82) is 5.26 Å². The largest absolute Gasteiger partial charge is 0.480 e. The number of benzene rings is 1. The number of halogens is 1. The molecular formula is C15H18ClN3O2.